The smallest absolute Gasteiger partial charge is 0.341 e. The predicted octanol–water partition coefficient (Wildman–Crippen LogP) is 9.06. The number of esters is 1. The Morgan fingerprint density at radius 2 is 1.73 bits per heavy atom. The molecule has 0 aliphatic heterocycles. The lowest BCUT2D eigenvalue weighted by molar-refractivity contribution is -0.115. The topological polar surface area (TPSA) is 84.5 Å². The molecule has 4 aromatic rings. The number of thioether (sulfide) groups is 1. The maximum Gasteiger partial charge on any atom is 0.341 e. The van der Waals surface area contributed by atoms with Gasteiger partial charge in [-0.25, -0.2) is 4.79 Å². The third-order valence-corrected chi connectivity index (χ3v) is 10.5. The Bertz CT molecular complexity index is 1680. The van der Waals surface area contributed by atoms with Crippen LogP contribution in [-0.2, 0) is 22.4 Å². The molecular formula is C35H35ClN2O4S2. The summed E-state index contributed by atoms with van der Waals surface area (Å²) < 4.78 is 5.17. The Kier molecular flexibility index (Phi) is 9.83. The van der Waals surface area contributed by atoms with Gasteiger partial charge in [0.2, 0.25) is 5.91 Å². The molecule has 2 atom stereocenters. The van der Waals surface area contributed by atoms with E-state index < -0.39 is 11.2 Å². The number of anilines is 2. The SMILES string of the molecule is COC(=O)c1c(NC(=O)C(Sc2cccc(NC(=O)c3cccc(Cl)c3)c2)c2ccccc2)sc2c1CCC(C(C)(C)C)C2. The predicted molar refractivity (Wildman–Crippen MR) is 180 cm³/mol. The highest BCUT2D eigenvalue weighted by Gasteiger charge is 2.35. The first-order valence-electron chi connectivity index (χ1n) is 14.5. The summed E-state index contributed by atoms with van der Waals surface area (Å²) >= 11 is 8.92. The van der Waals surface area contributed by atoms with Crippen molar-refractivity contribution in [2.75, 3.05) is 17.7 Å². The zero-order valence-corrected chi connectivity index (χ0v) is 27.5. The highest BCUT2D eigenvalue weighted by atomic mass is 35.5. The van der Waals surface area contributed by atoms with Crippen LogP contribution in [0.2, 0.25) is 5.02 Å². The van der Waals surface area contributed by atoms with Crippen molar-refractivity contribution in [3.8, 4) is 0 Å². The van der Waals surface area contributed by atoms with Crippen LogP contribution in [0.5, 0.6) is 0 Å². The summed E-state index contributed by atoms with van der Waals surface area (Å²) in [4.78, 5) is 41.8. The molecule has 5 rings (SSSR count). The number of nitrogens with one attached hydrogen (secondary N) is 2. The number of fused-ring (bicyclic) bond motifs is 1. The molecule has 2 amide bonds. The van der Waals surface area contributed by atoms with Gasteiger partial charge in [-0.2, -0.15) is 0 Å². The van der Waals surface area contributed by atoms with E-state index in [2.05, 4.69) is 31.4 Å². The number of hydrogen-bond acceptors (Lipinski definition) is 6. The van der Waals surface area contributed by atoms with Crippen LogP contribution in [-0.4, -0.2) is 24.9 Å². The van der Waals surface area contributed by atoms with E-state index in [1.165, 1.54) is 30.2 Å². The van der Waals surface area contributed by atoms with Crippen LogP contribution in [0.4, 0.5) is 10.7 Å². The average molecular weight is 647 g/mol. The molecule has 1 heterocycles. The lowest BCUT2D eigenvalue weighted by Gasteiger charge is -2.33. The number of amides is 2. The van der Waals surface area contributed by atoms with Crippen LogP contribution in [0.15, 0.2) is 83.8 Å². The van der Waals surface area contributed by atoms with E-state index in [1.807, 2.05) is 48.5 Å². The van der Waals surface area contributed by atoms with Crippen LogP contribution < -0.4 is 10.6 Å². The molecule has 6 nitrogen and oxygen atoms in total. The molecule has 1 aromatic heterocycles. The first-order valence-corrected chi connectivity index (χ1v) is 16.5. The molecule has 2 unspecified atom stereocenters. The molecule has 0 fully saturated rings. The molecule has 3 aromatic carbocycles. The second kappa shape index (κ2) is 13.6. The van der Waals surface area contributed by atoms with Crippen molar-refractivity contribution in [1.29, 1.82) is 0 Å². The molecule has 0 bridgehead atoms. The van der Waals surface area contributed by atoms with Gasteiger partial charge < -0.3 is 15.4 Å². The van der Waals surface area contributed by atoms with Gasteiger partial charge in [-0.1, -0.05) is 74.8 Å². The maximum absolute atomic E-state index is 14.0. The van der Waals surface area contributed by atoms with Gasteiger partial charge in [-0.15, -0.1) is 23.1 Å². The quantitative estimate of drug-likeness (QED) is 0.147. The number of halogens is 1. The molecule has 1 aliphatic rings. The van der Waals surface area contributed by atoms with E-state index in [-0.39, 0.29) is 17.2 Å². The zero-order valence-electron chi connectivity index (χ0n) is 25.1. The van der Waals surface area contributed by atoms with Gasteiger partial charge in [-0.05, 0) is 78.1 Å². The normalized spacial score (nSPS) is 15.2. The third kappa shape index (κ3) is 7.37. The molecule has 0 saturated carbocycles. The minimum absolute atomic E-state index is 0.147. The molecule has 0 radical (unpaired) electrons. The maximum atomic E-state index is 14.0. The monoisotopic (exact) mass is 646 g/mol. The summed E-state index contributed by atoms with van der Waals surface area (Å²) in [5, 5.41) is 6.41. The van der Waals surface area contributed by atoms with Gasteiger partial charge in [0.1, 0.15) is 10.3 Å². The lowest BCUT2D eigenvalue weighted by atomic mass is 9.72. The third-order valence-electron chi connectivity index (χ3n) is 7.89. The molecular weight excluding hydrogens is 612 g/mol. The van der Waals surface area contributed by atoms with Gasteiger partial charge >= 0.3 is 5.97 Å². The van der Waals surface area contributed by atoms with Crippen LogP contribution in [0.1, 0.15) is 69.2 Å². The lowest BCUT2D eigenvalue weighted by Crippen LogP contribution is -2.26. The Balaban J connectivity index is 1.41. The highest BCUT2D eigenvalue weighted by Crippen LogP contribution is 2.45. The van der Waals surface area contributed by atoms with Gasteiger partial charge in [-0.3, -0.25) is 9.59 Å². The van der Waals surface area contributed by atoms with Crippen molar-refractivity contribution in [1.82, 2.24) is 0 Å². The number of hydrogen-bond donors (Lipinski definition) is 2. The number of thiophene rings is 1. The Morgan fingerprint density at radius 1 is 0.977 bits per heavy atom. The van der Waals surface area contributed by atoms with Crippen LogP contribution >= 0.6 is 34.7 Å². The largest absolute Gasteiger partial charge is 0.465 e. The summed E-state index contributed by atoms with van der Waals surface area (Å²) in [6.07, 6.45) is 2.63. The minimum Gasteiger partial charge on any atom is -0.465 e. The van der Waals surface area contributed by atoms with Crippen molar-refractivity contribution in [2.45, 2.75) is 50.2 Å². The van der Waals surface area contributed by atoms with E-state index in [9.17, 15) is 14.4 Å². The molecule has 1 aliphatic carbocycles. The van der Waals surface area contributed by atoms with Gasteiger partial charge in [0.15, 0.2) is 0 Å². The van der Waals surface area contributed by atoms with E-state index in [0.717, 1.165) is 40.2 Å². The molecule has 2 N–H and O–H groups in total. The van der Waals surface area contributed by atoms with E-state index in [4.69, 9.17) is 16.3 Å². The van der Waals surface area contributed by atoms with Crippen LogP contribution in [0.3, 0.4) is 0 Å². The number of carbonyl (C=O) groups excluding carboxylic acids is 3. The van der Waals surface area contributed by atoms with Gasteiger partial charge in [0, 0.05) is 26.0 Å². The molecule has 228 valence electrons. The van der Waals surface area contributed by atoms with Crippen molar-refractivity contribution >= 4 is 63.2 Å². The van der Waals surface area contributed by atoms with E-state index >= 15 is 0 Å². The number of ether oxygens (including phenoxy) is 1. The fraction of sp³-hybridized carbons (Fsp3) is 0.286. The van der Waals surface area contributed by atoms with E-state index in [1.54, 1.807) is 30.3 Å². The fourth-order valence-corrected chi connectivity index (χ4v) is 8.02. The number of methoxy groups -OCH3 is 1. The van der Waals surface area contributed by atoms with Crippen molar-refractivity contribution in [3.63, 3.8) is 0 Å². The van der Waals surface area contributed by atoms with Gasteiger partial charge in [0.25, 0.3) is 5.91 Å². The second-order valence-electron chi connectivity index (χ2n) is 11.9. The standard InChI is InChI=1S/C35H35ClN2O4S2/c1-35(2,3)23-16-17-27-28(19-23)44-33(29(27)34(41)42-4)38-32(40)30(21-10-6-5-7-11-21)43-26-15-9-14-25(20-26)37-31(39)22-12-8-13-24(36)18-22/h5-15,18,20,23,30H,16-17,19H2,1-4H3,(H,37,39)(H,38,40). The first-order chi connectivity index (χ1) is 21.0. The summed E-state index contributed by atoms with van der Waals surface area (Å²) in [7, 11) is 1.37. The first kappa shape index (κ1) is 31.8. The van der Waals surface area contributed by atoms with Crippen molar-refractivity contribution in [3.05, 3.63) is 111 Å². The Morgan fingerprint density at radius 3 is 2.43 bits per heavy atom. The highest BCUT2D eigenvalue weighted by molar-refractivity contribution is 8.00. The average Bonchev–Trinajstić information content (AvgIpc) is 3.36. The molecule has 0 spiro atoms. The van der Waals surface area contributed by atoms with E-state index in [0.29, 0.717) is 32.8 Å². The molecule has 0 saturated heterocycles. The van der Waals surface area contributed by atoms with Crippen molar-refractivity contribution < 1.29 is 19.1 Å². The number of rotatable bonds is 8. The minimum atomic E-state index is -0.623. The summed E-state index contributed by atoms with van der Waals surface area (Å²) in [6, 6.07) is 23.7. The van der Waals surface area contributed by atoms with Gasteiger partial charge in [0.05, 0.1) is 12.7 Å². The summed E-state index contributed by atoms with van der Waals surface area (Å²) in [5.41, 5.74) is 3.47. The molecule has 9 heteroatoms. The van der Waals surface area contributed by atoms with Crippen LogP contribution in [0, 0.1) is 11.3 Å². The number of benzene rings is 3. The fourth-order valence-electron chi connectivity index (χ4n) is 5.43. The Labute approximate surface area is 271 Å². The van der Waals surface area contributed by atoms with Crippen molar-refractivity contribution in [2.24, 2.45) is 11.3 Å². The molecule has 44 heavy (non-hydrogen) atoms. The van der Waals surface area contributed by atoms with Crippen LogP contribution in [0.25, 0.3) is 0 Å². The second-order valence-corrected chi connectivity index (χ2v) is 14.6. The number of carbonyl (C=O) groups is 3. The summed E-state index contributed by atoms with van der Waals surface area (Å²) in [5.74, 6) is -0.468. The summed E-state index contributed by atoms with van der Waals surface area (Å²) in [6.45, 7) is 6.75. The Hall–Kier alpha value is -3.59. The zero-order chi connectivity index (χ0) is 31.4.